The van der Waals surface area contributed by atoms with Gasteiger partial charge in [-0.25, -0.2) is 9.18 Å². The molecular weight excluding hydrogens is 283 g/mol. The number of carboxylic acids is 1. The molecule has 8 heteroatoms. The average Bonchev–Trinajstić information content (AvgIpc) is 2.36. The molecule has 1 aromatic carbocycles. The number of rotatable bonds is 7. The molecule has 0 unspecified atom stereocenters. The van der Waals surface area contributed by atoms with E-state index < -0.39 is 28.0 Å². The van der Waals surface area contributed by atoms with Crippen molar-refractivity contribution in [1.82, 2.24) is 0 Å². The van der Waals surface area contributed by atoms with Gasteiger partial charge in [-0.2, -0.15) is 0 Å². The van der Waals surface area contributed by atoms with Gasteiger partial charge in [0, 0.05) is 13.2 Å². The molecule has 0 aromatic heterocycles. The summed E-state index contributed by atoms with van der Waals surface area (Å²) in [6.07, 6.45) is 0.459. The van der Waals surface area contributed by atoms with Crippen molar-refractivity contribution < 1.29 is 24.3 Å². The van der Waals surface area contributed by atoms with Gasteiger partial charge in [0.1, 0.15) is 11.5 Å². The maximum atomic E-state index is 13.5. The molecule has 7 nitrogen and oxygen atoms in total. The highest BCUT2D eigenvalue weighted by atomic mass is 19.1. The molecule has 0 aliphatic heterocycles. The molecule has 0 radical (unpaired) electrons. The molecule has 0 spiro atoms. The molecule has 1 aromatic rings. The van der Waals surface area contributed by atoms with Gasteiger partial charge in [-0.05, 0) is 17.9 Å². The van der Waals surface area contributed by atoms with Crippen LogP contribution >= 0.6 is 0 Å². The van der Waals surface area contributed by atoms with Gasteiger partial charge in [0.15, 0.2) is 0 Å². The van der Waals surface area contributed by atoms with Crippen LogP contribution in [-0.2, 0) is 0 Å². The first-order valence-corrected chi connectivity index (χ1v) is 6.24. The van der Waals surface area contributed by atoms with Crippen molar-refractivity contribution in [3.05, 3.63) is 33.6 Å². The van der Waals surface area contributed by atoms with E-state index in [9.17, 15) is 19.3 Å². The minimum absolute atomic E-state index is 0.0411. The Hall–Kier alpha value is -2.22. The molecule has 116 valence electrons. The molecule has 0 heterocycles. The van der Waals surface area contributed by atoms with Crippen LogP contribution in [0.5, 0.6) is 0 Å². The van der Waals surface area contributed by atoms with Crippen molar-refractivity contribution in [2.45, 2.75) is 20.3 Å². The summed E-state index contributed by atoms with van der Waals surface area (Å²) in [7, 11) is 0. The zero-order valence-electron chi connectivity index (χ0n) is 11.7. The SMILES string of the molecule is CC(C)(CCO)CNc1cc(C(=O)O)c(F)cc1[N+](=O)[O-]. The van der Waals surface area contributed by atoms with Crippen LogP contribution in [0.15, 0.2) is 12.1 Å². The van der Waals surface area contributed by atoms with E-state index in [4.69, 9.17) is 10.2 Å². The Labute approximate surface area is 120 Å². The Kier molecular flexibility index (Phi) is 5.20. The van der Waals surface area contributed by atoms with E-state index in [1.807, 2.05) is 13.8 Å². The molecule has 3 N–H and O–H groups in total. The van der Waals surface area contributed by atoms with Crippen molar-refractivity contribution in [1.29, 1.82) is 0 Å². The lowest BCUT2D eigenvalue weighted by Crippen LogP contribution is -2.24. The number of benzene rings is 1. The van der Waals surface area contributed by atoms with Crippen LogP contribution in [0.2, 0.25) is 0 Å². The van der Waals surface area contributed by atoms with Crippen LogP contribution in [-0.4, -0.2) is 34.3 Å². The lowest BCUT2D eigenvalue weighted by Gasteiger charge is -2.24. The number of aliphatic hydroxyl groups excluding tert-OH is 1. The van der Waals surface area contributed by atoms with E-state index in [-0.39, 0.29) is 24.3 Å². The zero-order valence-corrected chi connectivity index (χ0v) is 11.7. The normalized spacial score (nSPS) is 11.2. The maximum Gasteiger partial charge on any atom is 0.338 e. The predicted octanol–water partition coefficient (Wildman–Crippen LogP) is 2.25. The Morgan fingerprint density at radius 3 is 2.57 bits per heavy atom. The quantitative estimate of drug-likeness (QED) is 0.526. The fraction of sp³-hybridized carbons (Fsp3) is 0.462. The van der Waals surface area contributed by atoms with Gasteiger partial charge in [-0.3, -0.25) is 10.1 Å². The molecule has 0 fully saturated rings. The van der Waals surface area contributed by atoms with Crippen LogP contribution in [0.4, 0.5) is 15.8 Å². The highest BCUT2D eigenvalue weighted by molar-refractivity contribution is 5.90. The molecule has 0 aliphatic rings. The van der Waals surface area contributed by atoms with Crippen molar-refractivity contribution in [3.63, 3.8) is 0 Å². The number of nitro groups is 1. The Balaban J connectivity index is 3.11. The number of hydrogen-bond donors (Lipinski definition) is 3. The summed E-state index contributed by atoms with van der Waals surface area (Å²) in [6, 6.07) is 1.50. The van der Waals surface area contributed by atoms with Gasteiger partial charge in [0.05, 0.1) is 16.6 Å². The maximum absolute atomic E-state index is 13.5. The minimum atomic E-state index is -1.50. The number of aromatic carboxylic acids is 1. The summed E-state index contributed by atoms with van der Waals surface area (Å²) in [5.74, 6) is -2.66. The van der Waals surface area contributed by atoms with E-state index >= 15 is 0 Å². The Morgan fingerprint density at radius 2 is 2.10 bits per heavy atom. The topological polar surface area (TPSA) is 113 Å². The van der Waals surface area contributed by atoms with Crippen molar-refractivity contribution in [2.24, 2.45) is 5.41 Å². The summed E-state index contributed by atoms with van der Waals surface area (Å²) >= 11 is 0. The first-order valence-electron chi connectivity index (χ1n) is 6.24. The standard InChI is InChI=1S/C13H17FN2O5/c1-13(2,3-4-17)7-15-10-5-8(12(18)19)9(14)6-11(10)16(20)21/h5-6,15,17H,3-4,7H2,1-2H3,(H,18,19). The number of halogens is 1. The van der Waals surface area contributed by atoms with Crippen LogP contribution in [0.25, 0.3) is 0 Å². The molecular formula is C13H17FN2O5. The van der Waals surface area contributed by atoms with Gasteiger partial charge >= 0.3 is 5.97 Å². The highest BCUT2D eigenvalue weighted by Gasteiger charge is 2.24. The number of anilines is 1. The second kappa shape index (κ2) is 6.49. The molecule has 0 atom stereocenters. The molecule has 0 saturated heterocycles. The predicted molar refractivity (Wildman–Crippen MR) is 74.0 cm³/mol. The number of carbonyl (C=O) groups is 1. The third-order valence-electron chi connectivity index (χ3n) is 3.06. The summed E-state index contributed by atoms with van der Waals surface area (Å²) in [4.78, 5) is 21.0. The Bertz CT molecular complexity index is 560. The first-order chi connectivity index (χ1) is 9.68. The van der Waals surface area contributed by atoms with Crippen molar-refractivity contribution in [3.8, 4) is 0 Å². The van der Waals surface area contributed by atoms with Crippen molar-refractivity contribution in [2.75, 3.05) is 18.5 Å². The summed E-state index contributed by atoms with van der Waals surface area (Å²) in [5, 5.41) is 31.5. The van der Waals surface area contributed by atoms with E-state index in [1.54, 1.807) is 0 Å². The smallest absolute Gasteiger partial charge is 0.338 e. The van der Waals surface area contributed by atoms with Crippen LogP contribution in [0.1, 0.15) is 30.6 Å². The zero-order chi connectivity index (χ0) is 16.2. The molecule has 0 bridgehead atoms. The number of carboxylic acid groups (broad SMARTS) is 1. The second-order valence-electron chi connectivity index (χ2n) is 5.40. The Morgan fingerprint density at radius 1 is 1.48 bits per heavy atom. The van der Waals surface area contributed by atoms with Crippen LogP contribution < -0.4 is 5.32 Å². The van der Waals surface area contributed by atoms with E-state index in [2.05, 4.69) is 5.32 Å². The first kappa shape index (κ1) is 16.8. The number of nitrogens with one attached hydrogen (secondary N) is 1. The fourth-order valence-corrected chi connectivity index (χ4v) is 1.74. The third-order valence-corrected chi connectivity index (χ3v) is 3.06. The molecule has 0 saturated carbocycles. The lowest BCUT2D eigenvalue weighted by atomic mass is 9.89. The van der Waals surface area contributed by atoms with Gasteiger partial charge in [0.2, 0.25) is 0 Å². The lowest BCUT2D eigenvalue weighted by molar-refractivity contribution is -0.384. The highest BCUT2D eigenvalue weighted by Crippen LogP contribution is 2.30. The fourth-order valence-electron chi connectivity index (χ4n) is 1.74. The summed E-state index contributed by atoms with van der Waals surface area (Å²) < 4.78 is 13.5. The van der Waals surface area contributed by atoms with Gasteiger partial charge < -0.3 is 15.5 Å². The monoisotopic (exact) mass is 300 g/mol. The van der Waals surface area contributed by atoms with Gasteiger partial charge in [-0.1, -0.05) is 13.8 Å². The summed E-state index contributed by atoms with van der Waals surface area (Å²) in [6.45, 7) is 3.90. The van der Waals surface area contributed by atoms with Crippen LogP contribution in [0.3, 0.4) is 0 Å². The van der Waals surface area contributed by atoms with Gasteiger partial charge in [0.25, 0.3) is 5.69 Å². The van der Waals surface area contributed by atoms with E-state index in [0.29, 0.717) is 12.5 Å². The number of aliphatic hydroxyl groups is 1. The molecule has 1 rings (SSSR count). The van der Waals surface area contributed by atoms with Gasteiger partial charge in [-0.15, -0.1) is 0 Å². The largest absolute Gasteiger partial charge is 0.478 e. The number of hydrogen-bond acceptors (Lipinski definition) is 5. The third kappa shape index (κ3) is 4.38. The summed E-state index contributed by atoms with van der Waals surface area (Å²) in [5.41, 5.74) is -1.59. The van der Waals surface area contributed by atoms with E-state index in [1.165, 1.54) is 0 Å². The van der Waals surface area contributed by atoms with E-state index in [0.717, 1.165) is 6.07 Å². The second-order valence-corrected chi connectivity index (χ2v) is 5.40. The molecule has 0 amide bonds. The van der Waals surface area contributed by atoms with Crippen LogP contribution in [0, 0.1) is 21.3 Å². The number of nitro benzene ring substituents is 1. The average molecular weight is 300 g/mol. The number of nitrogens with zero attached hydrogens (tertiary/aromatic N) is 1. The molecule has 21 heavy (non-hydrogen) atoms. The minimum Gasteiger partial charge on any atom is -0.478 e. The molecule has 0 aliphatic carbocycles. The van der Waals surface area contributed by atoms with Crippen molar-refractivity contribution >= 4 is 17.3 Å².